The molecule has 11 heteroatoms. The van der Waals surface area contributed by atoms with E-state index in [1.807, 2.05) is 30.3 Å². The van der Waals surface area contributed by atoms with Gasteiger partial charge < -0.3 is 25.2 Å². The number of nitrogens with one attached hydrogen (secondary N) is 3. The quantitative estimate of drug-likeness (QED) is 0.295. The first-order valence-electron chi connectivity index (χ1n) is 14.5. The average molecular weight is 572 g/mol. The summed E-state index contributed by atoms with van der Waals surface area (Å²) in [6.45, 7) is 5.24. The monoisotopic (exact) mass is 572 g/mol. The Labute approximate surface area is 244 Å². The number of nitrogens with zero attached hydrogens (tertiary/aromatic N) is 3. The van der Waals surface area contributed by atoms with E-state index in [1.54, 1.807) is 0 Å². The smallest absolute Gasteiger partial charge is 0.258 e. The van der Waals surface area contributed by atoms with Gasteiger partial charge >= 0.3 is 0 Å². The lowest BCUT2D eigenvalue weighted by Gasteiger charge is -2.34. The molecule has 0 atom stereocenters. The second-order valence-corrected chi connectivity index (χ2v) is 11.3. The fourth-order valence-corrected chi connectivity index (χ4v) is 5.65. The van der Waals surface area contributed by atoms with Crippen LogP contribution in [0.5, 0.6) is 0 Å². The van der Waals surface area contributed by atoms with Gasteiger partial charge in [-0.25, -0.2) is 8.78 Å². The lowest BCUT2D eigenvalue weighted by Crippen LogP contribution is -2.44. The van der Waals surface area contributed by atoms with Crippen LogP contribution in [0.3, 0.4) is 0 Å². The van der Waals surface area contributed by atoms with E-state index in [2.05, 4.69) is 43.7 Å². The summed E-state index contributed by atoms with van der Waals surface area (Å²) in [7, 11) is 3.55. The number of fused-ring (bicyclic) bond motifs is 1. The molecule has 3 N–H and O–H groups in total. The van der Waals surface area contributed by atoms with Gasteiger partial charge in [-0.2, -0.15) is 5.10 Å². The van der Waals surface area contributed by atoms with E-state index >= 15 is 0 Å². The summed E-state index contributed by atoms with van der Waals surface area (Å²) in [6, 6.07) is 14.5. The lowest BCUT2D eigenvalue weighted by molar-refractivity contribution is 0.0904. The molecule has 1 amide bonds. The fourth-order valence-electron chi connectivity index (χ4n) is 5.65. The van der Waals surface area contributed by atoms with Crippen LogP contribution in [0.4, 0.5) is 26.0 Å². The standard InChI is InChI=1S/C31H35BF2N6O2/c1-39-8-10-40(11-9-39)22-3-4-23(28(18-22)35-21-6-12-42-13-7-21)31(41)36-30-24-15-19(2-5-27(24)37-38-30)14-20-16-25(33)29(32)26(34)17-20/h2-5,15-18,21,35H,6-14,32H2,1H3,(H2,36,37,38,41). The van der Waals surface area contributed by atoms with Crippen molar-refractivity contribution in [2.45, 2.75) is 25.3 Å². The topological polar surface area (TPSA) is 85.5 Å². The number of carbonyl (C=O) groups excluding carboxylic acids is 1. The molecular formula is C31H35BF2N6O2. The van der Waals surface area contributed by atoms with Crippen molar-refractivity contribution in [1.29, 1.82) is 0 Å². The van der Waals surface area contributed by atoms with Crippen LogP contribution >= 0.6 is 0 Å². The van der Waals surface area contributed by atoms with Crippen LogP contribution in [0.15, 0.2) is 48.5 Å². The predicted octanol–water partition coefficient (Wildman–Crippen LogP) is 3.29. The highest BCUT2D eigenvalue weighted by Crippen LogP contribution is 2.29. The minimum absolute atomic E-state index is 0.0104. The van der Waals surface area contributed by atoms with Crippen molar-refractivity contribution in [3.05, 3.63) is 76.9 Å². The Morgan fingerprint density at radius 3 is 2.50 bits per heavy atom. The first-order valence-corrected chi connectivity index (χ1v) is 14.5. The van der Waals surface area contributed by atoms with Crippen LogP contribution in [0.25, 0.3) is 10.9 Å². The van der Waals surface area contributed by atoms with Crippen LogP contribution in [0.1, 0.15) is 34.3 Å². The van der Waals surface area contributed by atoms with Crippen molar-refractivity contribution >= 4 is 47.3 Å². The van der Waals surface area contributed by atoms with Gasteiger partial charge in [-0.3, -0.25) is 9.89 Å². The second-order valence-electron chi connectivity index (χ2n) is 11.3. The molecule has 2 fully saturated rings. The van der Waals surface area contributed by atoms with Gasteiger partial charge in [-0.1, -0.05) is 6.07 Å². The molecule has 2 saturated heterocycles. The number of aromatic nitrogens is 2. The molecule has 6 rings (SSSR count). The average Bonchev–Trinajstić information content (AvgIpc) is 3.38. The number of anilines is 3. The molecule has 4 aromatic rings. The zero-order chi connectivity index (χ0) is 29.2. The molecule has 1 aromatic heterocycles. The zero-order valence-corrected chi connectivity index (χ0v) is 24.0. The number of benzene rings is 3. The first-order chi connectivity index (χ1) is 20.3. The molecule has 3 aromatic carbocycles. The summed E-state index contributed by atoms with van der Waals surface area (Å²) >= 11 is 0. The van der Waals surface area contributed by atoms with Gasteiger partial charge in [0.1, 0.15) is 19.5 Å². The third-order valence-corrected chi connectivity index (χ3v) is 8.31. The predicted molar refractivity (Wildman–Crippen MR) is 165 cm³/mol. The molecular weight excluding hydrogens is 537 g/mol. The van der Waals surface area contributed by atoms with Crippen molar-refractivity contribution in [3.8, 4) is 0 Å². The third-order valence-electron chi connectivity index (χ3n) is 8.31. The Bertz CT molecular complexity index is 1570. The number of aromatic amines is 1. The summed E-state index contributed by atoms with van der Waals surface area (Å²) in [4.78, 5) is 18.4. The van der Waals surface area contributed by atoms with Crippen molar-refractivity contribution in [2.75, 3.05) is 62.0 Å². The summed E-state index contributed by atoms with van der Waals surface area (Å²) in [5.41, 5.74) is 4.57. The van der Waals surface area contributed by atoms with Gasteiger partial charge in [-0.15, -0.1) is 0 Å². The highest BCUT2D eigenvalue weighted by Gasteiger charge is 2.22. The molecule has 0 saturated carbocycles. The normalized spacial score (nSPS) is 16.6. The summed E-state index contributed by atoms with van der Waals surface area (Å²) in [5, 5.41) is 14.7. The van der Waals surface area contributed by atoms with Gasteiger partial charge in [0.25, 0.3) is 5.91 Å². The number of H-pyrrole nitrogens is 1. The maximum absolute atomic E-state index is 14.1. The minimum atomic E-state index is -0.564. The Kier molecular flexibility index (Phi) is 8.12. The van der Waals surface area contributed by atoms with Gasteiger partial charge in [0.2, 0.25) is 0 Å². The number of ether oxygens (including phenoxy) is 1. The molecule has 2 aliphatic rings. The molecule has 0 spiro atoms. The number of hydrogen-bond donors (Lipinski definition) is 3. The first kappa shape index (κ1) is 28.2. The van der Waals surface area contributed by atoms with Gasteiger partial charge in [-0.05, 0) is 85.4 Å². The lowest BCUT2D eigenvalue weighted by atomic mass is 9.92. The molecule has 218 valence electrons. The minimum Gasteiger partial charge on any atom is -0.381 e. The molecule has 3 heterocycles. The number of likely N-dealkylation sites (N-methyl/N-ethyl adjacent to an activating group) is 1. The highest BCUT2D eigenvalue weighted by atomic mass is 19.1. The highest BCUT2D eigenvalue weighted by molar-refractivity contribution is 6.32. The van der Waals surface area contributed by atoms with Crippen molar-refractivity contribution in [1.82, 2.24) is 15.1 Å². The summed E-state index contributed by atoms with van der Waals surface area (Å²) in [5.74, 6) is -0.994. The van der Waals surface area contributed by atoms with Gasteiger partial charge in [0.05, 0.1) is 11.1 Å². The van der Waals surface area contributed by atoms with E-state index < -0.39 is 11.6 Å². The van der Waals surface area contributed by atoms with Crippen LogP contribution in [0, 0.1) is 11.6 Å². The fraction of sp³-hybridized carbons (Fsp3) is 0.355. The molecule has 0 unspecified atom stereocenters. The van der Waals surface area contributed by atoms with Gasteiger partial charge in [0, 0.05) is 62.2 Å². The largest absolute Gasteiger partial charge is 0.381 e. The molecule has 8 nitrogen and oxygen atoms in total. The number of carbonyl (C=O) groups is 1. The van der Waals surface area contributed by atoms with E-state index in [0.29, 0.717) is 36.6 Å². The summed E-state index contributed by atoms with van der Waals surface area (Å²) < 4.78 is 33.8. The Morgan fingerprint density at radius 2 is 1.76 bits per heavy atom. The zero-order valence-electron chi connectivity index (χ0n) is 24.0. The number of amides is 1. The number of piperazine rings is 1. The van der Waals surface area contributed by atoms with E-state index in [4.69, 9.17) is 4.74 Å². The van der Waals surface area contributed by atoms with Gasteiger partial charge in [0.15, 0.2) is 5.82 Å². The Hall–Kier alpha value is -3.96. The van der Waals surface area contributed by atoms with Crippen molar-refractivity contribution in [3.63, 3.8) is 0 Å². The molecule has 0 bridgehead atoms. The van der Waals surface area contributed by atoms with E-state index in [-0.39, 0.29) is 17.4 Å². The molecule has 42 heavy (non-hydrogen) atoms. The third kappa shape index (κ3) is 6.12. The summed E-state index contributed by atoms with van der Waals surface area (Å²) in [6.07, 6.45) is 2.10. The second kappa shape index (κ2) is 12.1. The van der Waals surface area contributed by atoms with E-state index in [1.165, 1.54) is 20.0 Å². The maximum Gasteiger partial charge on any atom is 0.258 e. The maximum atomic E-state index is 14.1. The van der Waals surface area contributed by atoms with E-state index in [0.717, 1.165) is 66.9 Å². The Balaban J connectivity index is 1.25. The number of halogens is 2. The van der Waals surface area contributed by atoms with Crippen molar-refractivity contribution < 1.29 is 18.3 Å². The van der Waals surface area contributed by atoms with Crippen LogP contribution in [-0.4, -0.2) is 81.3 Å². The Morgan fingerprint density at radius 1 is 1.02 bits per heavy atom. The number of hydrogen-bond acceptors (Lipinski definition) is 6. The van der Waals surface area contributed by atoms with Crippen molar-refractivity contribution in [2.24, 2.45) is 0 Å². The van der Waals surface area contributed by atoms with E-state index in [9.17, 15) is 13.6 Å². The SMILES string of the molecule is Bc1c(F)cc(Cc2ccc3[nH]nc(NC(=O)c4ccc(N5CCN(C)CC5)cc4NC4CCOCC4)c3c2)cc1F. The molecule has 0 radical (unpaired) electrons. The molecule has 0 aliphatic carbocycles. The van der Waals surface area contributed by atoms with Crippen LogP contribution in [0.2, 0.25) is 0 Å². The number of rotatable bonds is 7. The molecule has 2 aliphatic heterocycles. The van der Waals surface area contributed by atoms with Crippen LogP contribution in [-0.2, 0) is 11.2 Å². The van der Waals surface area contributed by atoms with Crippen LogP contribution < -0.4 is 21.0 Å².